The molecule has 1 aliphatic rings. The van der Waals surface area contributed by atoms with E-state index in [9.17, 15) is 4.39 Å². The largest absolute Gasteiger partial charge is 0.379 e. The highest BCUT2D eigenvalue weighted by Gasteiger charge is 2.10. The van der Waals surface area contributed by atoms with Gasteiger partial charge in [0.1, 0.15) is 11.6 Å². The standard InChI is InChI=1S/C18H23FN6OS/c1-13-12-16(22-15-4-2-14(19)3-5-15)23-17(21-13)24-18(27)20-6-7-25-8-10-26-11-9-25/h2-5,12H,6-11H2,1H3,(H3,20,21,22,23,24,27). The van der Waals surface area contributed by atoms with Gasteiger partial charge in [-0.3, -0.25) is 4.90 Å². The van der Waals surface area contributed by atoms with Crippen LogP contribution in [0.3, 0.4) is 0 Å². The number of rotatable bonds is 6. The van der Waals surface area contributed by atoms with Gasteiger partial charge in [0, 0.05) is 43.6 Å². The molecule has 3 N–H and O–H groups in total. The molecule has 0 atom stereocenters. The van der Waals surface area contributed by atoms with Crippen LogP contribution in [0.1, 0.15) is 5.69 Å². The summed E-state index contributed by atoms with van der Waals surface area (Å²) in [7, 11) is 0. The summed E-state index contributed by atoms with van der Waals surface area (Å²) < 4.78 is 18.4. The molecular weight excluding hydrogens is 367 g/mol. The number of hydrogen-bond acceptors (Lipinski definition) is 6. The van der Waals surface area contributed by atoms with Crippen LogP contribution in [-0.2, 0) is 4.74 Å². The van der Waals surface area contributed by atoms with Crippen LogP contribution in [0.2, 0.25) is 0 Å². The van der Waals surface area contributed by atoms with Crippen molar-refractivity contribution in [2.45, 2.75) is 6.92 Å². The molecule has 2 aromatic rings. The molecule has 1 aromatic heterocycles. The normalized spacial score (nSPS) is 14.6. The fraction of sp³-hybridized carbons (Fsp3) is 0.389. The van der Waals surface area contributed by atoms with Gasteiger partial charge in [-0.05, 0) is 43.4 Å². The topological polar surface area (TPSA) is 74.3 Å². The lowest BCUT2D eigenvalue weighted by molar-refractivity contribution is 0.0389. The van der Waals surface area contributed by atoms with Crippen LogP contribution in [0, 0.1) is 12.7 Å². The van der Waals surface area contributed by atoms with Crippen molar-refractivity contribution in [1.82, 2.24) is 20.2 Å². The maximum Gasteiger partial charge on any atom is 0.231 e. The van der Waals surface area contributed by atoms with Gasteiger partial charge in [0.25, 0.3) is 0 Å². The third kappa shape index (κ3) is 6.38. The van der Waals surface area contributed by atoms with Crippen molar-refractivity contribution in [3.05, 3.63) is 41.8 Å². The highest BCUT2D eigenvalue weighted by Crippen LogP contribution is 2.17. The molecule has 0 radical (unpaired) electrons. The monoisotopic (exact) mass is 390 g/mol. The molecule has 1 aliphatic heterocycles. The zero-order valence-corrected chi connectivity index (χ0v) is 16.0. The van der Waals surface area contributed by atoms with Gasteiger partial charge >= 0.3 is 0 Å². The minimum absolute atomic E-state index is 0.282. The second-order valence-electron chi connectivity index (χ2n) is 6.18. The average molecular weight is 390 g/mol. The van der Waals surface area contributed by atoms with Gasteiger partial charge in [0.05, 0.1) is 13.2 Å². The molecule has 3 rings (SSSR count). The highest BCUT2D eigenvalue weighted by atomic mass is 32.1. The number of hydrogen-bond donors (Lipinski definition) is 3. The van der Waals surface area contributed by atoms with Gasteiger partial charge < -0.3 is 20.7 Å². The Labute approximate surface area is 163 Å². The number of thiocarbonyl (C=S) groups is 1. The van der Waals surface area contributed by atoms with Gasteiger partial charge in [-0.2, -0.15) is 4.98 Å². The van der Waals surface area contributed by atoms with Crippen molar-refractivity contribution < 1.29 is 9.13 Å². The summed E-state index contributed by atoms with van der Waals surface area (Å²) in [5.41, 5.74) is 1.53. The lowest BCUT2D eigenvalue weighted by Crippen LogP contribution is -2.42. The number of ether oxygens (including phenoxy) is 1. The second-order valence-corrected chi connectivity index (χ2v) is 6.59. The van der Waals surface area contributed by atoms with Crippen molar-refractivity contribution >= 4 is 34.8 Å². The van der Waals surface area contributed by atoms with Gasteiger partial charge in [0.2, 0.25) is 5.95 Å². The maximum atomic E-state index is 13.0. The van der Waals surface area contributed by atoms with E-state index >= 15 is 0 Å². The zero-order chi connectivity index (χ0) is 19.1. The lowest BCUT2D eigenvalue weighted by atomic mass is 10.3. The summed E-state index contributed by atoms with van der Waals surface area (Å²) >= 11 is 5.33. The highest BCUT2D eigenvalue weighted by molar-refractivity contribution is 7.80. The van der Waals surface area contributed by atoms with Crippen LogP contribution in [0.15, 0.2) is 30.3 Å². The third-order valence-electron chi connectivity index (χ3n) is 4.01. The fourth-order valence-electron chi connectivity index (χ4n) is 2.67. The van der Waals surface area contributed by atoms with Crippen molar-refractivity contribution in [3.8, 4) is 0 Å². The summed E-state index contributed by atoms with van der Waals surface area (Å²) in [6.07, 6.45) is 0. The molecular formula is C18H23FN6OS. The van der Waals surface area contributed by atoms with E-state index in [1.165, 1.54) is 12.1 Å². The first-order chi connectivity index (χ1) is 13.1. The summed E-state index contributed by atoms with van der Waals surface area (Å²) in [5, 5.41) is 9.79. The number of nitrogens with zero attached hydrogens (tertiary/aromatic N) is 3. The maximum absolute atomic E-state index is 13.0. The van der Waals surface area contributed by atoms with Crippen molar-refractivity contribution in [1.29, 1.82) is 0 Å². The van der Waals surface area contributed by atoms with Crippen LogP contribution >= 0.6 is 12.2 Å². The molecule has 0 bridgehead atoms. The van der Waals surface area contributed by atoms with E-state index in [1.54, 1.807) is 12.1 Å². The lowest BCUT2D eigenvalue weighted by Gasteiger charge is -2.26. The average Bonchev–Trinajstić information content (AvgIpc) is 2.64. The van der Waals surface area contributed by atoms with Crippen LogP contribution in [0.25, 0.3) is 0 Å². The molecule has 0 spiro atoms. The molecule has 0 amide bonds. The van der Waals surface area contributed by atoms with Crippen LogP contribution in [-0.4, -0.2) is 59.4 Å². The summed E-state index contributed by atoms with van der Waals surface area (Å²) in [6, 6.07) is 7.89. The van der Waals surface area contributed by atoms with Crippen molar-refractivity contribution in [3.63, 3.8) is 0 Å². The quantitative estimate of drug-likeness (QED) is 0.649. The molecule has 144 valence electrons. The zero-order valence-electron chi connectivity index (χ0n) is 15.2. The van der Waals surface area contributed by atoms with Gasteiger partial charge in [-0.25, -0.2) is 9.37 Å². The van der Waals surface area contributed by atoms with Crippen LogP contribution in [0.4, 0.5) is 21.8 Å². The Morgan fingerprint density at radius 3 is 2.70 bits per heavy atom. The predicted molar refractivity (Wildman–Crippen MR) is 108 cm³/mol. The van der Waals surface area contributed by atoms with Gasteiger partial charge in [0.15, 0.2) is 5.11 Å². The molecule has 0 saturated carbocycles. The molecule has 1 fully saturated rings. The number of anilines is 3. The molecule has 7 nitrogen and oxygen atoms in total. The molecule has 1 saturated heterocycles. The van der Waals surface area contributed by atoms with Crippen molar-refractivity contribution in [2.24, 2.45) is 0 Å². The van der Waals surface area contributed by atoms with Crippen LogP contribution in [0.5, 0.6) is 0 Å². The number of morpholine rings is 1. The van der Waals surface area contributed by atoms with E-state index in [2.05, 4.69) is 30.8 Å². The Hall–Kier alpha value is -2.36. The number of aryl methyl sites for hydroxylation is 1. The first-order valence-electron chi connectivity index (χ1n) is 8.82. The second kappa shape index (κ2) is 9.54. The minimum Gasteiger partial charge on any atom is -0.379 e. The summed E-state index contributed by atoms with van der Waals surface area (Å²) in [4.78, 5) is 11.1. The number of halogens is 1. The smallest absolute Gasteiger partial charge is 0.231 e. The number of nitrogens with one attached hydrogen (secondary N) is 3. The molecule has 9 heteroatoms. The summed E-state index contributed by atoms with van der Waals surface area (Å²) in [6.45, 7) is 6.96. The van der Waals surface area contributed by atoms with E-state index in [-0.39, 0.29) is 5.82 Å². The van der Waals surface area contributed by atoms with E-state index in [0.717, 1.165) is 50.8 Å². The molecule has 2 heterocycles. The molecule has 1 aromatic carbocycles. The van der Waals surface area contributed by atoms with E-state index in [1.807, 2.05) is 13.0 Å². The van der Waals surface area contributed by atoms with Gasteiger partial charge in [-0.1, -0.05) is 0 Å². The Morgan fingerprint density at radius 1 is 1.22 bits per heavy atom. The first-order valence-corrected chi connectivity index (χ1v) is 9.22. The predicted octanol–water partition coefficient (Wildman–Crippen LogP) is 2.29. The summed E-state index contributed by atoms with van der Waals surface area (Å²) in [5.74, 6) is 0.728. The molecule has 0 unspecified atom stereocenters. The van der Waals surface area contributed by atoms with E-state index in [0.29, 0.717) is 16.9 Å². The Morgan fingerprint density at radius 2 is 1.96 bits per heavy atom. The molecule has 27 heavy (non-hydrogen) atoms. The SMILES string of the molecule is Cc1cc(Nc2ccc(F)cc2)nc(NC(=S)NCCN2CCOCC2)n1. The fourth-order valence-corrected chi connectivity index (χ4v) is 2.86. The molecule has 0 aliphatic carbocycles. The first kappa shape index (κ1) is 19.4. The van der Waals surface area contributed by atoms with Gasteiger partial charge in [-0.15, -0.1) is 0 Å². The van der Waals surface area contributed by atoms with E-state index < -0.39 is 0 Å². The Kier molecular flexibility index (Phi) is 6.86. The number of benzene rings is 1. The Balaban J connectivity index is 1.52. The van der Waals surface area contributed by atoms with E-state index in [4.69, 9.17) is 17.0 Å². The Bertz CT molecular complexity index is 767. The minimum atomic E-state index is -0.282. The third-order valence-corrected chi connectivity index (χ3v) is 4.26. The number of aromatic nitrogens is 2. The van der Waals surface area contributed by atoms with Crippen LogP contribution < -0.4 is 16.0 Å². The van der Waals surface area contributed by atoms with Crippen molar-refractivity contribution in [2.75, 3.05) is 50.0 Å².